The molecule has 0 aliphatic carbocycles. The van der Waals surface area contributed by atoms with Gasteiger partial charge in [-0.25, -0.2) is 0 Å². The summed E-state index contributed by atoms with van der Waals surface area (Å²) in [6, 6.07) is 11.4. The molecule has 0 bridgehead atoms. The number of carbonyl (C=O) groups excluding carboxylic acids is 1. The Hall–Kier alpha value is -2.40. The van der Waals surface area contributed by atoms with E-state index in [9.17, 15) is 4.79 Å². The van der Waals surface area contributed by atoms with Gasteiger partial charge in [0.25, 0.3) is 5.91 Å². The number of ether oxygens (including phenoxy) is 1. The number of nitrogens with one attached hydrogen (secondary N) is 1. The number of rotatable bonds is 6. The molecular formula is C17H21N3O2. The molecular weight excluding hydrogens is 278 g/mol. The van der Waals surface area contributed by atoms with Gasteiger partial charge >= 0.3 is 0 Å². The van der Waals surface area contributed by atoms with Crippen LogP contribution in [0.15, 0.2) is 48.8 Å². The maximum atomic E-state index is 12.1. The van der Waals surface area contributed by atoms with Gasteiger partial charge in [0.05, 0.1) is 13.2 Å². The van der Waals surface area contributed by atoms with Crippen molar-refractivity contribution in [3.05, 3.63) is 59.9 Å². The standard InChI is InChI=1S/C17H21N3O2/c1-20(2)16(13-4-6-15(22-3)7-5-13)12-19-17(21)14-8-10-18-11-9-14/h4-11,16H,12H2,1-3H3,(H,19,21). The lowest BCUT2D eigenvalue weighted by Gasteiger charge is -2.25. The molecule has 116 valence electrons. The second-order valence-corrected chi connectivity index (χ2v) is 5.20. The van der Waals surface area contributed by atoms with Gasteiger partial charge in [-0.3, -0.25) is 9.78 Å². The zero-order chi connectivity index (χ0) is 15.9. The van der Waals surface area contributed by atoms with Crippen LogP contribution >= 0.6 is 0 Å². The van der Waals surface area contributed by atoms with Gasteiger partial charge in [0.2, 0.25) is 0 Å². The Balaban J connectivity index is 2.04. The lowest BCUT2D eigenvalue weighted by atomic mass is 10.1. The van der Waals surface area contributed by atoms with Crippen LogP contribution in [0.25, 0.3) is 0 Å². The molecule has 0 fully saturated rings. The Morgan fingerprint density at radius 2 is 1.82 bits per heavy atom. The van der Waals surface area contributed by atoms with Crippen LogP contribution in [0.3, 0.4) is 0 Å². The molecule has 1 aromatic carbocycles. The van der Waals surface area contributed by atoms with Crippen LogP contribution in [0.5, 0.6) is 5.75 Å². The average Bonchev–Trinajstić information content (AvgIpc) is 2.56. The van der Waals surface area contributed by atoms with Crippen LogP contribution in [0, 0.1) is 0 Å². The molecule has 1 atom stereocenters. The summed E-state index contributed by atoms with van der Waals surface area (Å²) in [5.74, 6) is 0.727. The second-order valence-electron chi connectivity index (χ2n) is 5.20. The number of methoxy groups -OCH3 is 1. The van der Waals surface area contributed by atoms with Crippen LogP contribution in [-0.4, -0.2) is 43.5 Å². The van der Waals surface area contributed by atoms with E-state index in [1.54, 1.807) is 31.6 Å². The molecule has 5 nitrogen and oxygen atoms in total. The third kappa shape index (κ3) is 4.05. The monoisotopic (exact) mass is 299 g/mol. The Morgan fingerprint density at radius 3 is 2.36 bits per heavy atom. The summed E-state index contributed by atoms with van der Waals surface area (Å²) in [6.07, 6.45) is 3.23. The largest absolute Gasteiger partial charge is 0.497 e. The van der Waals surface area contributed by atoms with E-state index >= 15 is 0 Å². The molecule has 0 aliphatic rings. The van der Waals surface area contributed by atoms with Crippen LogP contribution in [0.2, 0.25) is 0 Å². The first-order chi connectivity index (χ1) is 10.6. The number of carbonyl (C=O) groups is 1. The molecule has 1 heterocycles. The van der Waals surface area contributed by atoms with Gasteiger partial charge in [0.15, 0.2) is 0 Å². The van der Waals surface area contributed by atoms with E-state index in [2.05, 4.69) is 15.2 Å². The maximum absolute atomic E-state index is 12.1. The number of aromatic nitrogens is 1. The fourth-order valence-electron chi connectivity index (χ4n) is 2.22. The lowest BCUT2D eigenvalue weighted by molar-refractivity contribution is 0.0942. The number of nitrogens with zero attached hydrogens (tertiary/aromatic N) is 2. The van der Waals surface area contributed by atoms with Crippen molar-refractivity contribution in [1.29, 1.82) is 0 Å². The smallest absolute Gasteiger partial charge is 0.251 e. The highest BCUT2D eigenvalue weighted by molar-refractivity contribution is 5.93. The first-order valence-electron chi connectivity index (χ1n) is 7.10. The fraction of sp³-hybridized carbons (Fsp3) is 0.294. The molecule has 1 amide bonds. The van der Waals surface area contributed by atoms with Crippen molar-refractivity contribution < 1.29 is 9.53 Å². The highest BCUT2D eigenvalue weighted by atomic mass is 16.5. The van der Waals surface area contributed by atoms with Gasteiger partial charge in [-0.1, -0.05) is 12.1 Å². The van der Waals surface area contributed by atoms with E-state index in [0.29, 0.717) is 12.1 Å². The van der Waals surface area contributed by atoms with Gasteiger partial charge in [-0.05, 0) is 43.9 Å². The van der Waals surface area contributed by atoms with E-state index in [-0.39, 0.29) is 11.9 Å². The molecule has 0 aliphatic heterocycles. The summed E-state index contributed by atoms with van der Waals surface area (Å²) in [7, 11) is 5.63. The molecule has 1 unspecified atom stereocenters. The molecule has 0 saturated heterocycles. The minimum atomic E-state index is -0.0947. The molecule has 0 spiro atoms. The quantitative estimate of drug-likeness (QED) is 0.888. The Morgan fingerprint density at radius 1 is 1.18 bits per heavy atom. The van der Waals surface area contributed by atoms with Crippen LogP contribution < -0.4 is 10.1 Å². The Kier molecular flexibility index (Phi) is 5.49. The second kappa shape index (κ2) is 7.56. The molecule has 2 aromatic rings. The first kappa shape index (κ1) is 16.0. The summed E-state index contributed by atoms with van der Waals surface area (Å²) >= 11 is 0. The molecule has 1 aromatic heterocycles. The van der Waals surface area contributed by atoms with Gasteiger partial charge in [0, 0.05) is 24.5 Å². The van der Waals surface area contributed by atoms with Crippen molar-refractivity contribution in [2.24, 2.45) is 0 Å². The molecule has 0 radical (unpaired) electrons. The summed E-state index contributed by atoms with van der Waals surface area (Å²) in [5.41, 5.74) is 1.74. The van der Waals surface area contributed by atoms with Crippen molar-refractivity contribution in [3.8, 4) is 5.75 Å². The fourth-order valence-corrected chi connectivity index (χ4v) is 2.22. The number of amides is 1. The highest BCUT2D eigenvalue weighted by Crippen LogP contribution is 2.20. The SMILES string of the molecule is COc1ccc(C(CNC(=O)c2ccncc2)N(C)C)cc1. The van der Waals surface area contributed by atoms with Crippen molar-refractivity contribution >= 4 is 5.91 Å². The van der Waals surface area contributed by atoms with Crippen molar-refractivity contribution in [2.75, 3.05) is 27.7 Å². The van der Waals surface area contributed by atoms with Gasteiger partial charge in [0.1, 0.15) is 5.75 Å². The summed E-state index contributed by atoms with van der Waals surface area (Å²) < 4.78 is 5.18. The predicted octanol–water partition coefficient (Wildman–Crippen LogP) is 2.12. The number of hydrogen-bond acceptors (Lipinski definition) is 4. The molecule has 22 heavy (non-hydrogen) atoms. The predicted molar refractivity (Wildman–Crippen MR) is 86.0 cm³/mol. The van der Waals surface area contributed by atoms with Gasteiger partial charge < -0.3 is 15.0 Å². The van der Waals surface area contributed by atoms with E-state index in [0.717, 1.165) is 11.3 Å². The minimum absolute atomic E-state index is 0.0942. The van der Waals surface area contributed by atoms with Crippen molar-refractivity contribution in [3.63, 3.8) is 0 Å². The molecule has 0 saturated carbocycles. The van der Waals surface area contributed by atoms with E-state index in [4.69, 9.17) is 4.74 Å². The first-order valence-corrected chi connectivity index (χ1v) is 7.10. The average molecular weight is 299 g/mol. The Labute approximate surface area is 130 Å². The molecule has 2 rings (SSSR count). The normalized spacial score (nSPS) is 12.0. The Bertz CT molecular complexity index is 597. The van der Waals surface area contributed by atoms with E-state index < -0.39 is 0 Å². The minimum Gasteiger partial charge on any atom is -0.497 e. The summed E-state index contributed by atoms with van der Waals surface area (Å²) in [4.78, 5) is 18.1. The van der Waals surface area contributed by atoms with Crippen LogP contribution in [0.4, 0.5) is 0 Å². The number of hydrogen-bond donors (Lipinski definition) is 1. The van der Waals surface area contributed by atoms with Crippen LogP contribution in [0.1, 0.15) is 22.0 Å². The number of benzene rings is 1. The summed E-state index contributed by atoms with van der Waals surface area (Å²) in [5, 5.41) is 2.97. The van der Waals surface area contributed by atoms with E-state index in [1.807, 2.05) is 38.4 Å². The zero-order valence-electron chi connectivity index (χ0n) is 13.1. The van der Waals surface area contributed by atoms with Crippen LogP contribution in [-0.2, 0) is 0 Å². The van der Waals surface area contributed by atoms with E-state index in [1.165, 1.54) is 0 Å². The topological polar surface area (TPSA) is 54.5 Å². The zero-order valence-corrected chi connectivity index (χ0v) is 13.1. The maximum Gasteiger partial charge on any atom is 0.251 e. The third-order valence-corrected chi connectivity index (χ3v) is 3.52. The highest BCUT2D eigenvalue weighted by Gasteiger charge is 2.16. The van der Waals surface area contributed by atoms with Crippen molar-refractivity contribution in [1.82, 2.24) is 15.2 Å². The summed E-state index contributed by atoms with van der Waals surface area (Å²) in [6.45, 7) is 0.528. The third-order valence-electron chi connectivity index (χ3n) is 3.52. The van der Waals surface area contributed by atoms with Gasteiger partial charge in [-0.15, -0.1) is 0 Å². The lowest BCUT2D eigenvalue weighted by Crippen LogP contribution is -2.34. The number of likely N-dealkylation sites (N-methyl/N-ethyl adjacent to an activating group) is 1. The molecule has 1 N–H and O–H groups in total. The number of pyridine rings is 1. The molecule has 5 heteroatoms. The van der Waals surface area contributed by atoms with Gasteiger partial charge in [-0.2, -0.15) is 0 Å². The van der Waals surface area contributed by atoms with Crippen molar-refractivity contribution in [2.45, 2.75) is 6.04 Å².